The van der Waals surface area contributed by atoms with Gasteiger partial charge in [0.1, 0.15) is 0 Å². The molecule has 2 bridgehead atoms. The van der Waals surface area contributed by atoms with Gasteiger partial charge in [-0.15, -0.1) is 0 Å². The van der Waals surface area contributed by atoms with Crippen LogP contribution in [0.5, 0.6) is 0 Å². The zero-order valence-corrected chi connectivity index (χ0v) is 11.6. The third-order valence-corrected chi connectivity index (χ3v) is 4.75. The zero-order chi connectivity index (χ0) is 12.8. The molecule has 18 heavy (non-hydrogen) atoms. The third-order valence-electron chi connectivity index (χ3n) is 4.75. The Balaban J connectivity index is 1.60. The highest BCUT2D eigenvalue weighted by Crippen LogP contribution is 2.49. The molecule has 4 atom stereocenters. The highest BCUT2D eigenvalue weighted by molar-refractivity contribution is 4.91. The number of methoxy groups -OCH3 is 1. The van der Waals surface area contributed by atoms with Gasteiger partial charge in [-0.2, -0.15) is 0 Å². The Morgan fingerprint density at radius 2 is 2.11 bits per heavy atom. The van der Waals surface area contributed by atoms with Crippen molar-refractivity contribution in [3.05, 3.63) is 0 Å². The van der Waals surface area contributed by atoms with E-state index in [1.165, 1.54) is 32.1 Å². The van der Waals surface area contributed by atoms with Crippen LogP contribution in [-0.4, -0.2) is 33.0 Å². The van der Waals surface area contributed by atoms with Crippen LogP contribution >= 0.6 is 0 Å². The molecule has 0 aromatic rings. The van der Waals surface area contributed by atoms with Gasteiger partial charge in [0, 0.05) is 19.8 Å². The van der Waals surface area contributed by atoms with E-state index >= 15 is 0 Å². The number of hydrogen-bond acceptors (Lipinski definition) is 4. The molecule has 2 aliphatic rings. The fourth-order valence-electron chi connectivity index (χ4n) is 3.77. The van der Waals surface area contributed by atoms with E-state index in [0.717, 1.165) is 30.8 Å². The second kappa shape index (κ2) is 7.43. The Kier molecular flexibility index (Phi) is 5.89. The summed E-state index contributed by atoms with van der Waals surface area (Å²) in [5.41, 5.74) is 2.97. The maximum absolute atomic E-state index is 5.66. The Bertz CT molecular complexity index is 238. The lowest BCUT2D eigenvalue weighted by atomic mass is 9.84. The molecule has 2 aliphatic carbocycles. The molecule has 0 radical (unpaired) electrons. The Morgan fingerprint density at radius 3 is 2.72 bits per heavy atom. The predicted octanol–water partition coefficient (Wildman–Crippen LogP) is 1.70. The number of nitrogens with two attached hydrogens (primary N) is 1. The summed E-state index contributed by atoms with van der Waals surface area (Å²) in [6.07, 6.45) is 8.08. The topological polar surface area (TPSA) is 56.5 Å². The maximum atomic E-state index is 5.66. The fourth-order valence-corrected chi connectivity index (χ4v) is 3.77. The van der Waals surface area contributed by atoms with Crippen molar-refractivity contribution in [3.63, 3.8) is 0 Å². The first-order valence-corrected chi connectivity index (χ1v) is 7.36. The first kappa shape index (κ1) is 14.3. The summed E-state index contributed by atoms with van der Waals surface area (Å²) in [5.74, 6) is 8.58. The molecule has 4 unspecified atom stereocenters. The first-order chi connectivity index (χ1) is 8.83. The molecular weight excluding hydrogens is 228 g/mol. The van der Waals surface area contributed by atoms with Gasteiger partial charge >= 0.3 is 0 Å². The van der Waals surface area contributed by atoms with Crippen molar-refractivity contribution in [2.45, 2.75) is 44.6 Å². The van der Waals surface area contributed by atoms with Crippen LogP contribution in [0.15, 0.2) is 0 Å². The van der Waals surface area contributed by atoms with Crippen molar-refractivity contribution < 1.29 is 9.47 Å². The summed E-state index contributed by atoms with van der Waals surface area (Å²) in [5, 5.41) is 0. The van der Waals surface area contributed by atoms with Crippen LogP contribution in [0.1, 0.15) is 38.5 Å². The minimum atomic E-state index is 0.414. The van der Waals surface area contributed by atoms with E-state index in [-0.39, 0.29) is 0 Å². The summed E-state index contributed by atoms with van der Waals surface area (Å²) in [4.78, 5) is 0. The molecule has 0 aromatic carbocycles. The number of rotatable bonds is 9. The van der Waals surface area contributed by atoms with Crippen LogP contribution in [0.4, 0.5) is 0 Å². The Hall–Kier alpha value is -0.160. The van der Waals surface area contributed by atoms with Gasteiger partial charge in [0.25, 0.3) is 0 Å². The molecular formula is C14H28N2O2. The molecule has 0 saturated heterocycles. The van der Waals surface area contributed by atoms with Crippen LogP contribution in [-0.2, 0) is 9.47 Å². The molecule has 4 heteroatoms. The van der Waals surface area contributed by atoms with Crippen LogP contribution in [0.3, 0.4) is 0 Å². The Labute approximate surface area is 111 Å². The Morgan fingerprint density at radius 1 is 1.22 bits per heavy atom. The van der Waals surface area contributed by atoms with Crippen molar-refractivity contribution in [3.8, 4) is 0 Å². The minimum absolute atomic E-state index is 0.414. The first-order valence-electron chi connectivity index (χ1n) is 7.36. The highest BCUT2D eigenvalue weighted by Gasteiger charge is 2.39. The second-order valence-corrected chi connectivity index (χ2v) is 5.93. The number of hydrazine groups is 1. The van der Waals surface area contributed by atoms with E-state index < -0.39 is 0 Å². The summed E-state index contributed by atoms with van der Waals surface area (Å²) in [7, 11) is 1.70. The SMILES string of the molecule is COCCOCCC(CC1CC2CCC1C2)NN. The fraction of sp³-hybridized carbons (Fsp3) is 1.00. The molecule has 2 fully saturated rings. The molecule has 2 rings (SSSR count). The van der Waals surface area contributed by atoms with Crippen molar-refractivity contribution in [1.29, 1.82) is 0 Å². The van der Waals surface area contributed by atoms with Crippen LogP contribution in [0.2, 0.25) is 0 Å². The quantitative estimate of drug-likeness (QED) is 0.374. The number of fused-ring (bicyclic) bond motifs is 2. The van der Waals surface area contributed by atoms with Gasteiger partial charge < -0.3 is 9.47 Å². The molecule has 3 N–H and O–H groups in total. The zero-order valence-electron chi connectivity index (χ0n) is 11.6. The lowest BCUT2D eigenvalue weighted by molar-refractivity contribution is 0.0641. The molecule has 2 saturated carbocycles. The van der Waals surface area contributed by atoms with E-state index in [0.29, 0.717) is 19.3 Å². The normalized spacial score (nSPS) is 32.0. The van der Waals surface area contributed by atoms with Crippen molar-refractivity contribution >= 4 is 0 Å². The van der Waals surface area contributed by atoms with Gasteiger partial charge in [-0.3, -0.25) is 11.3 Å². The van der Waals surface area contributed by atoms with Gasteiger partial charge in [-0.05, 0) is 49.9 Å². The van der Waals surface area contributed by atoms with Crippen LogP contribution in [0.25, 0.3) is 0 Å². The van der Waals surface area contributed by atoms with E-state index in [1.54, 1.807) is 7.11 Å². The minimum Gasteiger partial charge on any atom is -0.382 e. The molecule has 4 nitrogen and oxygen atoms in total. The number of ether oxygens (including phenoxy) is 2. The largest absolute Gasteiger partial charge is 0.382 e. The summed E-state index contributed by atoms with van der Waals surface area (Å²) in [6.45, 7) is 2.13. The molecule has 0 aliphatic heterocycles. The van der Waals surface area contributed by atoms with E-state index in [4.69, 9.17) is 15.3 Å². The van der Waals surface area contributed by atoms with Gasteiger partial charge in [-0.1, -0.05) is 6.42 Å². The smallest absolute Gasteiger partial charge is 0.0700 e. The summed E-state index contributed by atoms with van der Waals surface area (Å²) in [6, 6.07) is 0.414. The van der Waals surface area contributed by atoms with Gasteiger partial charge in [0.05, 0.1) is 13.2 Å². The lowest BCUT2D eigenvalue weighted by Gasteiger charge is -2.26. The van der Waals surface area contributed by atoms with Crippen molar-refractivity contribution in [2.24, 2.45) is 23.6 Å². The number of nitrogens with one attached hydrogen (secondary N) is 1. The molecule has 0 heterocycles. The average molecular weight is 256 g/mol. The average Bonchev–Trinajstić information content (AvgIpc) is 2.99. The van der Waals surface area contributed by atoms with E-state index in [1.807, 2.05) is 0 Å². The summed E-state index contributed by atoms with van der Waals surface area (Å²) >= 11 is 0. The van der Waals surface area contributed by atoms with Crippen LogP contribution in [0, 0.1) is 17.8 Å². The number of hydrogen-bond donors (Lipinski definition) is 2. The molecule has 106 valence electrons. The lowest BCUT2D eigenvalue weighted by Crippen LogP contribution is -2.38. The van der Waals surface area contributed by atoms with E-state index in [2.05, 4.69) is 5.43 Å². The predicted molar refractivity (Wildman–Crippen MR) is 72.0 cm³/mol. The summed E-state index contributed by atoms with van der Waals surface area (Å²) < 4.78 is 10.5. The second-order valence-electron chi connectivity index (χ2n) is 5.93. The molecule has 0 aromatic heterocycles. The third kappa shape index (κ3) is 3.92. The van der Waals surface area contributed by atoms with Crippen LogP contribution < -0.4 is 11.3 Å². The highest BCUT2D eigenvalue weighted by atomic mass is 16.5. The molecule has 0 amide bonds. The van der Waals surface area contributed by atoms with Gasteiger partial charge in [0.15, 0.2) is 0 Å². The maximum Gasteiger partial charge on any atom is 0.0700 e. The monoisotopic (exact) mass is 256 g/mol. The van der Waals surface area contributed by atoms with Crippen molar-refractivity contribution in [2.75, 3.05) is 26.9 Å². The van der Waals surface area contributed by atoms with Gasteiger partial charge in [-0.25, -0.2) is 0 Å². The van der Waals surface area contributed by atoms with Crippen molar-refractivity contribution in [1.82, 2.24) is 5.43 Å². The van der Waals surface area contributed by atoms with Gasteiger partial charge in [0.2, 0.25) is 0 Å². The van der Waals surface area contributed by atoms with E-state index in [9.17, 15) is 0 Å². The molecule has 0 spiro atoms. The standard InChI is InChI=1S/C14H28N2O2/c1-17-6-7-18-5-4-14(16-15)10-13-9-11-2-3-12(13)8-11/h11-14,16H,2-10,15H2,1H3.